The number of amides is 1. The van der Waals surface area contributed by atoms with Crippen LogP contribution in [0.15, 0.2) is 41.3 Å². The summed E-state index contributed by atoms with van der Waals surface area (Å²) in [7, 11) is 0.562. The Labute approximate surface area is 171 Å². The molecule has 8 nitrogen and oxygen atoms in total. The van der Waals surface area contributed by atoms with E-state index in [1.807, 2.05) is 0 Å². The third kappa shape index (κ3) is 5.18. The van der Waals surface area contributed by atoms with Crippen LogP contribution >= 0.6 is 0 Å². The van der Waals surface area contributed by atoms with Gasteiger partial charge in [-0.2, -0.15) is 0 Å². The van der Waals surface area contributed by atoms with E-state index in [1.54, 1.807) is 32.0 Å². The van der Waals surface area contributed by atoms with Crippen molar-refractivity contribution in [2.45, 2.75) is 24.8 Å². The second kappa shape index (κ2) is 9.62. The predicted octanol–water partition coefficient (Wildman–Crippen LogP) is 2.50. The van der Waals surface area contributed by atoms with E-state index in [0.717, 1.165) is 0 Å². The molecule has 2 aromatic rings. The van der Waals surface area contributed by atoms with Crippen molar-refractivity contribution in [1.29, 1.82) is 0 Å². The van der Waals surface area contributed by atoms with Gasteiger partial charge in [-0.05, 0) is 49.7 Å². The van der Waals surface area contributed by atoms with Gasteiger partial charge in [0.05, 0.1) is 31.8 Å². The van der Waals surface area contributed by atoms with E-state index in [4.69, 9.17) is 14.2 Å². The Balaban J connectivity index is 2.33. The van der Waals surface area contributed by atoms with Crippen molar-refractivity contribution in [2.75, 3.05) is 27.9 Å². The van der Waals surface area contributed by atoms with Gasteiger partial charge in [-0.25, -0.2) is 13.1 Å². The Kier molecular flexibility index (Phi) is 7.46. The maximum absolute atomic E-state index is 12.9. The average Bonchev–Trinajstić information content (AvgIpc) is 2.72. The second-order valence-corrected chi connectivity index (χ2v) is 7.89. The van der Waals surface area contributed by atoms with E-state index in [9.17, 15) is 13.2 Å². The van der Waals surface area contributed by atoms with Crippen LogP contribution in [-0.2, 0) is 10.0 Å². The summed E-state index contributed by atoms with van der Waals surface area (Å²) in [6, 6.07) is 8.77. The molecule has 2 rings (SSSR count). The molecule has 0 aliphatic rings. The summed E-state index contributed by atoms with van der Waals surface area (Å²) in [5.74, 6) is 0.934. The Bertz CT molecular complexity index is 975. The number of hydrogen-bond donors (Lipinski definition) is 2. The van der Waals surface area contributed by atoms with E-state index in [2.05, 4.69) is 10.0 Å². The summed E-state index contributed by atoms with van der Waals surface area (Å²) >= 11 is 0. The third-order valence-corrected chi connectivity index (χ3v) is 5.84. The van der Waals surface area contributed by atoms with Crippen LogP contribution in [0.25, 0.3) is 0 Å². The highest BCUT2D eigenvalue weighted by Gasteiger charge is 2.22. The minimum Gasteiger partial charge on any atom is -0.496 e. The second-order valence-electron chi connectivity index (χ2n) is 6.18. The van der Waals surface area contributed by atoms with Crippen LogP contribution in [0.2, 0.25) is 0 Å². The van der Waals surface area contributed by atoms with Crippen molar-refractivity contribution in [2.24, 2.45) is 0 Å². The number of carbonyl (C=O) groups excluding carboxylic acids is 1. The molecule has 0 heterocycles. The Morgan fingerprint density at radius 2 is 1.59 bits per heavy atom. The first-order chi connectivity index (χ1) is 13.8. The molecule has 0 aliphatic carbocycles. The zero-order valence-electron chi connectivity index (χ0n) is 17.1. The number of benzene rings is 2. The van der Waals surface area contributed by atoms with Gasteiger partial charge >= 0.3 is 0 Å². The molecule has 2 aromatic carbocycles. The van der Waals surface area contributed by atoms with Gasteiger partial charge in [-0.1, -0.05) is 6.07 Å². The van der Waals surface area contributed by atoms with Crippen molar-refractivity contribution < 1.29 is 27.4 Å². The lowest BCUT2D eigenvalue weighted by molar-refractivity contribution is 0.0952. The fraction of sp³-hybridized carbons (Fsp3) is 0.350. The van der Waals surface area contributed by atoms with E-state index in [1.165, 1.54) is 39.5 Å². The highest BCUT2D eigenvalue weighted by molar-refractivity contribution is 7.89. The van der Waals surface area contributed by atoms with Gasteiger partial charge < -0.3 is 19.5 Å². The zero-order chi connectivity index (χ0) is 21.6. The first-order valence-corrected chi connectivity index (χ1v) is 10.5. The SMILES string of the molecule is CCNC(=O)c1cc(S(=O)(=O)N[C@H](C)c2ccc(OC)c(OC)c2)ccc1OC. The zero-order valence-corrected chi connectivity index (χ0v) is 17.9. The molecular formula is C20H26N2O6S. The predicted molar refractivity (Wildman–Crippen MR) is 109 cm³/mol. The minimum absolute atomic E-state index is 0.0353. The molecule has 0 radical (unpaired) electrons. The van der Waals surface area contributed by atoms with Crippen molar-refractivity contribution in [3.8, 4) is 17.2 Å². The van der Waals surface area contributed by atoms with Crippen LogP contribution in [0.5, 0.6) is 17.2 Å². The summed E-state index contributed by atoms with van der Waals surface area (Å²) in [4.78, 5) is 12.2. The molecule has 0 saturated carbocycles. The Morgan fingerprint density at radius 1 is 0.966 bits per heavy atom. The average molecular weight is 423 g/mol. The molecule has 9 heteroatoms. The molecule has 0 aliphatic heterocycles. The van der Waals surface area contributed by atoms with Crippen LogP contribution in [0.1, 0.15) is 35.8 Å². The fourth-order valence-electron chi connectivity index (χ4n) is 2.78. The quantitative estimate of drug-likeness (QED) is 0.644. The molecular weight excluding hydrogens is 396 g/mol. The number of hydrogen-bond acceptors (Lipinski definition) is 6. The molecule has 0 aromatic heterocycles. The van der Waals surface area contributed by atoms with E-state index < -0.39 is 22.0 Å². The highest BCUT2D eigenvalue weighted by Crippen LogP contribution is 2.30. The molecule has 0 fully saturated rings. The molecule has 0 spiro atoms. The number of sulfonamides is 1. The van der Waals surface area contributed by atoms with Crippen LogP contribution in [-0.4, -0.2) is 42.2 Å². The first-order valence-electron chi connectivity index (χ1n) is 8.97. The number of methoxy groups -OCH3 is 3. The minimum atomic E-state index is -3.90. The highest BCUT2D eigenvalue weighted by atomic mass is 32.2. The molecule has 0 saturated heterocycles. The third-order valence-electron chi connectivity index (χ3n) is 4.30. The van der Waals surface area contributed by atoms with E-state index >= 15 is 0 Å². The van der Waals surface area contributed by atoms with Crippen LogP contribution < -0.4 is 24.2 Å². The van der Waals surface area contributed by atoms with Crippen molar-refractivity contribution in [1.82, 2.24) is 10.0 Å². The van der Waals surface area contributed by atoms with Gasteiger partial charge in [0, 0.05) is 12.6 Å². The molecule has 2 N–H and O–H groups in total. The lowest BCUT2D eigenvalue weighted by Gasteiger charge is -2.17. The lowest BCUT2D eigenvalue weighted by Crippen LogP contribution is -2.28. The standard InChI is InChI=1S/C20H26N2O6S/c1-6-21-20(23)16-12-15(8-10-17(16)26-3)29(24,25)22-13(2)14-7-9-18(27-4)19(11-14)28-5/h7-13,22H,6H2,1-5H3,(H,21,23)/t13-/m1/s1. The maximum Gasteiger partial charge on any atom is 0.255 e. The topological polar surface area (TPSA) is 103 Å². The van der Waals surface area contributed by atoms with Gasteiger partial charge in [0.1, 0.15) is 5.75 Å². The molecule has 1 atom stereocenters. The lowest BCUT2D eigenvalue weighted by atomic mass is 10.1. The summed E-state index contributed by atoms with van der Waals surface area (Å²) in [5.41, 5.74) is 0.847. The molecule has 29 heavy (non-hydrogen) atoms. The molecule has 158 valence electrons. The molecule has 0 unspecified atom stereocenters. The van der Waals surface area contributed by atoms with Gasteiger partial charge in [-0.15, -0.1) is 0 Å². The summed E-state index contributed by atoms with van der Waals surface area (Å²) in [6.07, 6.45) is 0. The summed E-state index contributed by atoms with van der Waals surface area (Å²) < 4.78 is 44.0. The van der Waals surface area contributed by atoms with Crippen LogP contribution in [0, 0.1) is 0 Å². The van der Waals surface area contributed by atoms with Gasteiger partial charge in [-0.3, -0.25) is 4.79 Å². The summed E-state index contributed by atoms with van der Waals surface area (Å²) in [5, 5.41) is 2.65. The van der Waals surface area contributed by atoms with E-state index in [0.29, 0.717) is 29.4 Å². The number of carbonyl (C=O) groups is 1. The largest absolute Gasteiger partial charge is 0.496 e. The normalized spacial score (nSPS) is 12.2. The summed E-state index contributed by atoms with van der Waals surface area (Å²) in [6.45, 7) is 3.90. The number of ether oxygens (including phenoxy) is 3. The van der Waals surface area contributed by atoms with Crippen LogP contribution in [0.3, 0.4) is 0 Å². The van der Waals surface area contributed by atoms with Crippen molar-refractivity contribution in [3.63, 3.8) is 0 Å². The van der Waals surface area contributed by atoms with Crippen LogP contribution in [0.4, 0.5) is 0 Å². The van der Waals surface area contributed by atoms with Gasteiger partial charge in [0.25, 0.3) is 5.91 Å². The van der Waals surface area contributed by atoms with E-state index in [-0.39, 0.29) is 10.5 Å². The number of nitrogens with one attached hydrogen (secondary N) is 2. The molecule has 1 amide bonds. The Hall–Kier alpha value is -2.78. The van der Waals surface area contributed by atoms with Gasteiger partial charge in [0.15, 0.2) is 11.5 Å². The smallest absolute Gasteiger partial charge is 0.255 e. The maximum atomic E-state index is 12.9. The Morgan fingerprint density at radius 3 is 2.17 bits per heavy atom. The number of rotatable bonds is 9. The van der Waals surface area contributed by atoms with Crippen molar-refractivity contribution in [3.05, 3.63) is 47.5 Å². The molecule has 0 bridgehead atoms. The fourth-order valence-corrected chi connectivity index (χ4v) is 4.04. The van der Waals surface area contributed by atoms with Crippen molar-refractivity contribution >= 4 is 15.9 Å². The van der Waals surface area contributed by atoms with Gasteiger partial charge in [0.2, 0.25) is 10.0 Å². The first kappa shape index (κ1) is 22.5. The monoisotopic (exact) mass is 422 g/mol.